The lowest BCUT2D eigenvalue weighted by molar-refractivity contribution is -0.161. The number of hydrogen-bond donors (Lipinski definition) is 3. The fourth-order valence-electron chi connectivity index (χ4n) is 10.2. The summed E-state index contributed by atoms with van der Waals surface area (Å²) in [7, 11) is -9.89. The molecule has 0 bridgehead atoms. The molecule has 0 aliphatic carbocycles. The molecule has 0 aliphatic rings. The first-order valence-corrected chi connectivity index (χ1v) is 38.3. The summed E-state index contributed by atoms with van der Waals surface area (Å²) in [6.07, 6.45) is 41.8. The lowest BCUT2D eigenvalue weighted by atomic mass is 10.0. The van der Waals surface area contributed by atoms with Crippen molar-refractivity contribution in [2.45, 2.75) is 356 Å². The van der Waals surface area contributed by atoms with Crippen molar-refractivity contribution in [3.63, 3.8) is 0 Å². The minimum Gasteiger partial charge on any atom is -0.462 e. The molecule has 2 unspecified atom stereocenters. The van der Waals surface area contributed by atoms with E-state index in [-0.39, 0.29) is 25.7 Å². The smallest absolute Gasteiger partial charge is 0.462 e. The van der Waals surface area contributed by atoms with Crippen LogP contribution in [0.15, 0.2) is 0 Å². The van der Waals surface area contributed by atoms with Crippen molar-refractivity contribution in [2.75, 3.05) is 39.6 Å². The maximum absolute atomic E-state index is 13.0. The predicted octanol–water partition coefficient (Wildman–Crippen LogP) is 19.1. The van der Waals surface area contributed by atoms with Gasteiger partial charge in [0.1, 0.15) is 19.3 Å². The molecule has 0 saturated heterocycles. The van der Waals surface area contributed by atoms with Gasteiger partial charge in [0.15, 0.2) is 12.2 Å². The Hall–Kier alpha value is -1.94. The van der Waals surface area contributed by atoms with Crippen LogP contribution in [-0.2, 0) is 65.4 Å². The highest BCUT2D eigenvalue weighted by molar-refractivity contribution is 7.47. The molecule has 0 aliphatic heterocycles. The van der Waals surface area contributed by atoms with E-state index >= 15 is 0 Å². The summed E-state index contributed by atoms with van der Waals surface area (Å²) in [6.45, 7) is 11.7. The van der Waals surface area contributed by atoms with Gasteiger partial charge in [0.05, 0.1) is 26.4 Å². The van der Waals surface area contributed by atoms with Crippen LogP contribution in [0.5, 0.6) is 0 Å². The SMILES string of the molecule is CCCCCCCCCCCCC(=O)O[C@H](COC(=O)CCCCCCCCC(C)C)COP(=O)(O)OC[C@H](O)COP(=O)(O)OC[C@@H](COC(=O)CCCCCCCCCCCCC(C)C)OC(=O)CCCCCCCCCCCCCCC(C)C. The number of phosphoric ester groups is 2. The molecular formula is C68H132O17P2. The van der Waals surface area contributed by atoms with Gasteiger partial charge >= 0.3 is 39.5 Å². The normalized spacial score (nSPS) is 14.3. The molecule has 5 atom stereocenters. The van der Waals surface area contributed by atoms with Crippen LogP contribution in [0.3, 0.4) is 0 Å². The molecule has 0 amide bonds. The van der Waals surface area contributed by atoms with Crippen molar-refractivity contribution in [3.05, 3.63) is 0 Å². The van der Waals surface area contributed by atoms with E-state index in [1.807, 2.05) is 0 Å². The molecule has 0 saturated carbocycles. The Morgan fingerprint density at radius 2 is 0.529 bits per heavy atom. The molecule has 0 radical (unpaired) electrons. The van der Waals surface area contributed by atoms with Crippen LogP contribution in [0.1, 0.15) is 337 Å². The number of ether oxygens (including phenoxy) is 4. The van der Waals surface area contributed by atoms with Crippen LogP contribution >= 0.6 is 15.6 Å². The second-order valence-corrected chi connectivity index (χ2v) is 28.9. The maximum Gasteiger partial charge on any atom is 0.472 e. The van der Waals surface area contributed by atoms with Gasteiger partial charge in [-0.25, -0.2) is 9.13 Å². The van der Waals surface area contributed by atoms with Crippen LogP contribution in [0.25, 0.3) is 0 Å². The van der Waals surface area contributed by atoms with E-state index in [2.05, 4.69) is 48.5 Å². The van der Waals surface area contributed by atoms with Crippen molar-refractivity contribution in [1.29, 1.82) is 0 Å². The summed E-state index contributed by atoms with van der Waals surface area (Å²) in [5.41, 5.74) is 0. The predicted molar refractivity (Wildman–Crippen MR) is 349 cm³/mol. The number of unbranched alkanes of at least 4 members (excludes halogenated alkanes) is 34. The first kappa shape index (κ1) is 85.1. The molecule has 0 aromatic carbocycles. The largest absolute Gasteiger partial charge is 0.472 e. The van der Waals surface area contributed by atoms with E-state index in [4.69, 9.17) is 37.0 Å². The molecule has 0 heterocycles. The van der Waals surface area contributed by atoms with E-state index in [0.717, 1.165) is 108 Å². The molecule has 0 aromatic rings. The highest BCUT2D eigenvalue weighted by Crippen LogP contribution is 2.45. The topological polar surface area (TPSA) is 237 Å². The van der Waals surface area contributed by atoms with Gasteiger partial charge in [-0.15, -0.1) is 0 Å². The molecule has 516 valence electrons. The highest BCUT2D eigenvalue weighted by Gasteiger charge is 2.30. The number of rotatable bonds is 66. The number of carbonyl (C=O) groups excluding carboxylic acids is 4. The average molecular weight is 1280 g/mol. The highest BCUT2D eigenvalue weighted by atomic mass is 31.2. The number of esters is 4. The fourth-order valence-corrected chi connectivity index (χ4v) is 11.8. The van der Waals surface area contributed by atoms with E-state index in [0.29, 0.717) is 31.6 Å². The fraction of sp³-hybridized carbons (Fsp3) is 0.941. The Morgan fingerprint density at radius 3 is 0.782 bits per heavy atom. The molecular weight excluding hydrogens is 1150 g/mol. The monoisotopic (exact) mass is 1280 g/mol. The first-order valence-electron chi connectivity index (χ1n) is 35.3. The van der Waals surface area contributed by atoms with Gasteiger partial charge in [0, 0.05) is 25.7 Å². The van der Waals surface area contributed by atoms with Gasteiger partial charge in [-0.1, -0.05) is 286 Å². The molecule has 3 N–H and O–H groups in total. The van der Waals surface area contributed by atoms with Crippen molar-refractivity contribution < 1.29 is 80.2 Å². The van der Waals surface area contributed by atoms with Gasteiger partial charge in [-0.3, -0.25) is 37.3 Å². The van der Waals surface area contributed by atoms with Gasteiger partial charge < -0.3 is 33.8 Å². The van der Waals surface area contributed by atoms with Crippen molar-refractivity contribution >= 4 is 39.5 Å². The number of aliphatic hydroxyl groups is 1. The quantitative estimate of drug-likeness (QED) is 0.0222. The van der Waals surface area contributed by atoms with E-state index in [1.165, 1.54) is 141 Å². The zero-order valence-electron chi connectivity index (χ0n) is 56.5. The number of hydrogen-bond acceptors (Lipinski definition) is 15. The lowest BCUT2D eigenvalue weighted by Crippen LogP contribution is -2.30. The molecule has 17 nitrogen and oxygen atoms in total. The minimum atomic E-state index is -4.95. The first-order chi connectivity index (χ1) is 41.7. The van der Waals surface area contributed by atoms with Gasteiger partial charge in [0.25, 0.3) is 0 Å². The standard InChI is InChI=1S/C68H132O17P2/c1-8-9-10-11-12-13-22-28-37-44-51-67(72)85-64(56-79-66(71)50-43-36-31-30-34-41-48-61(6)7)58-83-87(76,77)81-54-62(69)53-80-86(74,75)82-57-63(55-78-65(70)49-42-35-27-23-19-18-21-26-33-40-47-60(4)5)84-68(73)52-45-38-29-24-17-15-14-16-20-25-32-39-46-59(2)3/h59-64,69H,8-58H2,1-7H3,(H,74,75)(H,76,77)/t62-,63-,64-/m1/s1. The summed E-state index contributed by atoms with van der Waals surface area (Å²) >= 11 is 0. The van der Waals surface area contributed by atoms with Gasteiger partial charge in [-0.05, 0) is 43.4 Å². The lowest BCUT2D eigenvalue weighted by Gasteiger charge is -2.21. The maximum atomic E-state index is 13.0. The second-order valence-electron chi connectivity index (χ2n) is 26.0. The molecule has 87 heavy (non-hydrogen) atoms. The Bertz CT molecular complexity index is 1720. The van der Waals surface area contributed by atoms with E-state index in [9.17, 15) is 43.2 Å². The third-order valence-corrected chi connectivity index (χ3v) is 17.5. The van der Waals surface area contributed by atoms with E-state index in [1.54, 1.807) is 0 Å². The van der Waals surface area contributed by atoms with Crippen LogP contribution in [0.4, 0.5) is 0 Å². The summed E-state index contributed by atoms with van der Waals surface area (Å²) in [6, 6.07) is 0. The van der Waals surface area contributed by atoms with Crippen molar-refractivity contribution in [3.8, 4) is 0 Å². The molecule has 0 spiro atoms. The molecule has 0 rings (SSSR count). The van der Waals surface area contributed by atoms with Crippen LogP contribution < -0.4 is 0 Å². The summed E-state index contributed by atoms with van der Waals surface area (Å²) < 4.78 is 68.1. The van der Waals surface area contributed by atoms with Gasteiger partial charge in [0.2, 0.25) is 0 Å². The number of phosphoric acid groups is 2. The Labute approximate surface area is 530 Å². The Kier molecular flexibility index (Phi) is 57.8. The molecule has 19 heteroatoms. The summed E-state index contributed by atoms with van der Waals surface area (Å²) in [4.78, 5) is 72.4. The third-order valence-electron chi connectivity index (χ3n) is 15.6. The zero-order valence-corrected chi connectivity index (χ0v) is 58.3. The van der Waals surface area contributed by atoms with E-state index < -0.39 is 97.5 Å². The Morgan fingerprint density at radius 1 is 0.310 bits per heavy atom. The van der Waals surface area contributed by atoms with Crippen molar-refractivity contribution in [2.24, 2.45) is 17.8 Å². The van der Waals surface area contributed by atoms with Crippen LogP contribution in [0, 0.1) is 17.8 Å². The van der Waals surface area contributed by atoms with Crippen LogP contribution in [0.2, 0.25) is 0 Å². The third kappa shape index (κ3) is 62.6. The molecule has 0 fully saturated rings. The summed E-state index contributed by atoms with van der Waals surface area (Å²) in [5.74, 6) is 0.0843. The second kappa shape index (κ2) is 59.1. The van der Waals surface area contributed by atoms with Gasteiger partial charge in [-0.2, -0.15) is 0 Å². The molecule has 0 aromatic heterocycles. The average Bonchev–Trinajstić information content (AvgIpc) is 3.47. The Balaban J connectivity index is 5.24. The number of aliphatic hydroxyl groups excluding tert-OH is 1. The number of carbonyl (C=O) groups is 4. The zero-order chi connectivity index (χ0) is 64.5. The summed E-state index contributed by atoms with van der Waals surface area (Å²) in [5, 5.41) is 10.6. The van der Waals surface area contributed by atoms with Crippen molar-refractivity contribution in [1.82, 2.24) is 0 Å². The van der Waals surface area contributed by atoms with Crippen LogP contribution in [-0.4, -0.2) is 96.7 Å². The minimum absolute atomic E-state index is 0.105.